The second-order valence-corrected chi connectivity index (χ2v) is 6.23. The summed E-state index contributed by atoms with van der Waals surface area (Å²) in [5.74, 6) is -0.434. The van der Waals surface area contributed by atoms with Crippen LogP contribution in [0.5, 0.6) is 0 Å². The zero-order valence-corrected chi connectivity index (χ0v) is 12.2. The quantitative estimate of drug-likeness (QED) is 0.710. The number of hydrogen-bond donors (Lipinski definition) is 1. The Hall–Kier alpha value is -0.910. The van der Waals surface area contributed by atoms with Crippen LogP contribution in [0.1, 0.15) is 12.8 Å². The highest BCUT2D eigenvalue weighted by molar-refractivity contribution is 6.30. The van der Waals surface area contributed by atoms with Crippen molar-refractivity contribution >= 4 is 23.4 Å². The van der Waals surface area contributed by atoms with Crippen molar-refractivity contribution in [1.29, 1.82) is 0 Å². The van der Waals surface area contributed by atoms with E-state index in [2.05, 4.69) is 0 Å². The number of ether oxygens (including phenoxy) is 1. The molecule has 1 aliphatic carbocycles. The van der Waals surface area contributed by atoms with Gasteiger partial charge in [0.2, 0.25) is 11.8 Å². The van der Waals surface area contributed by atoms with E-state index >= 15 is 0 Å². The van der Waals surface area contributed by atoms with Gasteiger partial charge in [-0.25, -0.2) is 0 Å². The fourth-order valence-corrected chi connectivity index (χ4v) is 3.55. The summed E-state index contributed by atoms with van der Waals surface area (Å²) >= 11 is 6.00. The molecule has 2 saturated heterocycles. The highest BCUT2D eigenvalue weighted by Gasteiger charge is 2.48. The van der Waals surface area contributed by atoms with Gasteiger partial charge in [-0.15, -0.1) is 0 Å². The van der Waals surface area contributed by atoms with Crippen molar-refractivity contribution in [1.82, 2.24) is 4.90 Å². The molecule has 0 spiro atoms. The van der Waals surface area contributed by atoms with Gasteiger partial charge in [0, 0.05) is 5.03 Å². The third-order valence-electron chi connectivity index (χ3n) is 4.55. The van der Waals surface area contributed by atoms with Crippen LogP contribution in [0.15, 0.2) is 11.1 Å². The van der Waals surface area contributed by atoms with Crippen LogP contribution in [0.2, 0.25) is 0 Å². The first-order valence-electron chi connectivity index (χ1n) is 7.28. The van der Waals surface area contributed by atoms with Gasteiger partial charge < -0.3 is 9.64 Å². The molecule has 2 heterocycles. The highest BCUT2D eigenvalue weighted by atomic mass is 35.5. The fraction of sp³-hybridized carbons (Fsp3) is 0.714. The van der Waals surface area contributed by atoms with Gasteiger partial charge in [-0.2, -0.15) is 0 Å². The van der Waals surface area contributed by atoms with Crippen LogP contribution in [0, 0.1) is 11.8 Å². The van der Waals surface area contributed by atoms with Crippen molar-refractivity contribution in [3.05, 3.63) is 11.1 Å². The summed E-state index contributed by atoms with van der Waals surface area (Å²) < 4.78 is 5.31. The lowest BCUT2D eigenvalue weighted by molar-refractivity contribution is -0.907. The van der Waals surface area contributed by atoms with Gasteiger partial charge in [-0.05, 0) is 12.8 Å². The second kappa shape index (κ2) is 5.84. The molecule has 2 fully saturated rings. The number of amides is 2. The average molecular weight is 300 g/mol. The predicted octanol–water partition coefficient (Wildman–Crippen LogP) is -0.581. The molecule has 0 aromatic rings. The first-order valence-corrected chi connectivity index (χ1v) is 7.65. The van der Waals surface area contributed by atoms with E-state index in [9.17, 15) is 9.59 Å². The van der Waals surface area contributed by atoms with Gasteiger partial charge in [0.1, 0.15) is 13.1 Å². The Bertz CT molecular complexity index is 446. The summed E-state index contributed by atoms with van der Waals surface area (Å²) in [7, 11) is 0. The molecule has 110 valence electrons. The Balaban J connectivity index is 1.60. The number of carbonyl (C=O) groups excluding carboxylic acids is 2. The van der Waals surface area contributed by atoms with Crippen LogP contribution in [0.4, 0.5) is 0 Å². The molecule has 0 aromatic heterocycles. The summed E-state index contributed by atoms with van der Waals surface area (Å²) in [4.78, 5) is 27.5. The maximum atomic E-state index is 12.4. The Morgan fingerprint density at radius 2 is 1.95 bits per heavy atom. The molecule has 0 saturated carbocycles. The summed E-state index contributed by atoms with van der Waals surface area (Å²) in [5, 5.41) is 0.716. The molecule has 0 unspecified atom stereocenters. The lowest BCUT2D eigenvalue weighted by Gasteiger charge is -2.25. The standard InChI is InChI=1S/C14H19ClN2O3/c15-10-1-2-11-12(9-10)14(19)17(13(11)18)4-3-16-5-7-20-8-6-16/h1,11-12H,2-9H2/p+1/t11-,12-/m1/s1. The number of hydrogen-bond acceptors (Lipinski definition) is 3. The van der Waals surface area contributed by atoms with E-state index in [4.69, 9.17) is 16.3 Å². The molecule has 20 heavy (non-hydrogen) atoms. The van der Waals surface area contributed by atoms with E-state index in [0.29, 0.717) is 24.4 Å². The third kappa shape index (κ3) is 2.62. The maximum absolute atomic E-state index is 12.4. The molecular formula is C14H20ClN2O3+. The Morgan fingerprint density at radius 1 is 1.25 bits per heavy atom. The summed E-state index contributed by atoms with van der Waals surface area (Å²) in [6.07, 6.45) is 3.01. The highest BCUT2D eigenvalue weighted by Crippen LogP contribution is 2.38. The molecule has 5 nitrogen and oxygen atoms in total. The molecule has 3 aliphatic rings. The van der Waals surface area contributed by atoms with E-state index < -0.39 is 0 Å². The number of fused-ring (bicyclic) bond motifs is 1. The zero-order valence-electron chi connectivity index (χ0n) is 11.4. The van der Waals surface area contributed by atoms with Crippen LogP contribution >= 0.6 is 11.6 Å². The van der Waals surface area contributed by atoms with E-state index in [-0.39, 0.29) is 23.7 Å². The molecule has 0 aromatic carbocycles. The van der Waals surface area contributed by atoms with Gasteiger partial charge in [-0.1, -0.05) is 17.7 Å². The topological polar surface area (TPSA) is 51.0 Å². The first-order chi connectivity index (χ1) is 9.66. The number of rotatable bonds is 3. The molecule has 2 amide bonds. The number of morpholine rings is 1. The number of halogens is 1. The van der Waals surface area contributed by atoms with Gasteiger partial charge >= 0.3 is 0 Å². The Labute approximate surface area is 123 Å². The fourth-order valence-electron chi connectivity index (χ4n) is 3.30. The number of nitrogens with one attached hydrogen (secondary N) is 1. The van der Waals surface area contributed by atoms with Gasteiger partial charge in [-0.3, -0.25) is 14.5 Å². The average Bonchev–Trinajstić information content (AvgIpc) is 2.70. The molecule has 2 aliphatic heterocycles. The lowest BCUT2D eigenvalue weighted by Crippen LogP contribution is -3.14. The molecule has 0 radical (unpaired) electrons. The third-order valence-corrected chi connectivity index (χ3v) is 4.86. The number of nitrogens with zero attached hydrogens (tertiary/aromatic N) is 1. The van der Waals surface area contributed by atoms with Crippen molar-refractivity contribution in [3.63, 3.8) is 0 Å². The lowest BCUT2D eigenvalue weighted by atomic mass is 9.85. The molecule has 3 rings (SSSR count). The van der Waals surface area contributed by atoms with Crippen molar-refractivity contribution in [3.8, 4) is 0 Å². The number of quaternary nitrogens is 1. The van der Waals surface area contributed by atoms with Crippen molar-refractivity contribution in [2.45, 2.75) is 12.8 Å². The molecular weight excluding hydrogens is 280 g/mol. The number of allylic oxidation sites excluding steroid dienone is 2. The van der Waals surface area contributed by atoms with Gasteiger partial charge in [0.25, 0.3) is 0 Å². The largest absolute Gasteiger partial charge is 0.370 e. The van der Waals surface area contributed by atoms with E-state index in [1.165, 1.54) is 9.80 Å². The predicted molar refractivity (Wildman–Crippen MR) is 73.3 cm³/mol. The Kier molecular flexibility index (Phi) is 4.10. The van der Waals surface area contributed by atoms with Crippen LogP contribution in [0.25, 0.3) is 0 Å². The zero-order chi connectivity index (χ0) is 14.1. The minimum atomic E-state index is -0.223. The first kappa shape index (κ1) is 14.0. The van der Waals surface area contributed by atoms with Crippen molar-refractivity contribution in [2.24, 2.45) is 11.8 Å². The number of imide groups is 1. The second-order valence-electron chi connectivity index (χ2n) is 5.74. The summed E-state index contributed by atoms with van der Waals surface area (Å²) in [6, 6.07) is 0. The Morgan fingerprint density at radius 3 is 2.70 bits per heavy atom. The minimum absolute atomic E-state index is 0.00641. The molecule has 0 bridgehead atoms. The summed E-state index contributed by atoms with van der Waals surface area (Å²) in [6.45, 7) is 4.79. The van der Waals surface area contributed by atoms with Crippen molar-refractivity contribution in [2.75, 3.05) is 39.4 Å². The van der Waals surface area contributed by atoms with Crippen LogP contribution in [-0.2, 0) is 14.3 Å². The van der Waals surface area contributed by atoms with Crippen LogP contribution < -0.4 is 4.90 Å². The summed E-state index contributed by atoms with van der Waals surface area (Å²) in [5.41, 5.74) is 0. The smallest absolute Gasteiger partial charge is 0.233 e. The van der Waals surface area contributed by atoms with Crippen LogP contribution in [-0.4, -0.2) is 56.1 Å². The van der Waals surface area contributed by atoms with Crippen molar-refractivity contribution < 1.29 is 19.2 Å². The normalized spacial score (nSPS) is 31.4. The molecule has 1 N–H and O–H groups in total. The molecule has 6 heteroatoms. The van der Waals surface area contributed by atoms with Gasteiger partial charge in [0.05, 0.1) is 38.1 Å². The number of likely N-dealkylation sites (tertiary alicyclic amines) is 1. The van der Waals surface area contributed by atoms with Crippen LogP contribution in [0.3, 0.4) is 0 Å². The van der Waals surface area contributed by atoms with E-state index in [0.717, 1.165) is 32.8 Å². The van der Waals surface area contributed by atoms with E-state index in [1.54, 1.807) is 0 Å². The SMILES string of the molecule is O=C1[C@@H]2CC=C(Cl)C[C@H]2C(=O)N1CC[NH+]1CCOCC1. The maximum Gasteiger partial charge on any atom is 0.233 e. The monoisotopic (exact) mass is 299 g/mol. The van der Waals surface area contributed by atoms with E-state index in [1.807, 2.05) is 6.08 Å². The number of carbonyl (C=O) groups is 2. The molecule has 2 atom stereocenters. The van der Waals surface area contributed by atoms with Gasteiger partial charge in [0.15, 0.2) is 0 Å². The minimum Gasteiger partial charge on any atom is -0.370 e.